The third-order valence-electron chi connectivity index (χ3n) is 9.19. The Morgan fingerprint density at radius 1 is 0.451 bits per heavy atom. The van der Waals surface area contributed by atoms with Gasteiger partial charge in [0.25, 0.3) is 0 Å². The number of hydrogen-bond donors (Lipinski definition) is 1. The summed E-state index contributed by atoms with van der Waals surface area (Å²) in [5.74, 6) is -0.208. The molecule has 2 N–H and O–H groups in total. The van der Waals surface area contributed by atoms with Crippen molar-refractivity contribution in [3.63, 3.8) is 0 Å². The van der Waals surface area contributed by atoms with Crippen molar-refractivity contribution in [1.82, 2.24) is 0 Å². The van der Waals surface area contributed by atoms with Crippen LogP contribution in [-0.4, -0.2) is 43.3 Å². The minimum atomic E-state index is -0.105. The summed E-state index contributed by atoms with van der Waals surface area (Å²) in [5, 5.41) is 0. The second-order valence-electron chi connectivity index (χ2n) is 14.4. The van der Waals surface area contributed by atoms with Gasteiger partial charge in [0.1, 0.15) is 18.8 Å². The Hall–Kier alpha value is -1.89. The smallest absolute Gasteiger partial charge is 0.306 e. The van der Waals surface area contributed by atoms with E-state index in [0.717, 1.165) is 96.3 Å². The number of rotatable bonds is 36. The average molecular weight is 724 g/mol. The van der Waals surface area contributed by atoms with Crippen LogP contribution in [0, 0.1) is 0 Å². The van der Waals surface area contributed by atoms with E-state index in [4.69, 9.17) is 19.9 Å². The van der Waals surface area contributed by atoms with Crippen molar-refractivity contribution in [2.45, 2.75) is 239 Å². The van der Waals surface area contributed by atoms with E-state index in [1.165, 1.54) is 77.0 Å². The molecule has 0 atom stereocenters. The Bertz CT molecular complexity index is 766. The molecule has 302 valence electrons. The van der Waals surface area contributed by atoms with Crippen LogP contribution in [0.4, 0.5) is 0 Å². The summed E-state index contributed by atoms with van der Waals surface area (Å²) < 4.78 is 16.6. The Labute approximate surface area is 316 Å². The van der Waals surface area contributed by atoms with E-state index >= 15 is 0 Å². The Kier molecular flexibility index (Phi) is 42.7. The first-order valence-electron chi connectivity index (χ1n) is 21.8. The molecule has 0 aromatic carbocycles. The standard InChI is InChI=1S/C29H54O4.C15H31NO2/c1-4-7-10-11-12-16-21-26-32-28(30)24-19-14-13-15-20-25-29(31)33-27(22-17-8-5-2)23-18-9-6-3;1-3-5-7-10-14(11-8-6-4-2)18-15(17)12-9-13-16/h16,21,27H,4-15,17-20,22-26H2,1-3H3;14H,3-13,16H2,1-2H3/b21-16-;. The maximum absolute atomic E-state index is 12.2. The van der Waals surface area contributed by atoms with Crippen LogP contribution < -0.4 is 5.73 Å². The first-order chi connectivity index (χ1) is 24.9. The third-order valence-corrected chi connectivity index (χ3v) is 9.19. The molecule has 0 fully saturated rings. The summed E-state index contributed by atoms with van der Waals surface area (Å²) in [5.41, 5.74) is 5.40. The Morgan fingerprint density at radius 2 is 0.824 bits per heavy atom. The predicted molar refractivity (Wildman–Crippen MR) is 216 cm³/mol. The molecule has 0 heterocycles. The topological polar surface area (TPSA) is 105 Å². The fourth-order valence-corrected chi connectivity index (χ4v) is 5.91. The van der Waals surface area contributed by atoms with Crippen LogP contribution in [0.15, 0.2) is 12.2 Å². The molecular weight excluding hydrogens is 638 g/mol. The maximum Gasteiger partial charge on any atom is 0.306 e. The van der Waals surface area contributed by atoms with Crippen LogP contribution in [0.5, 0.6) is 0 Å². The summed E-state index contributed by atoms with van der Waals surface area (Å²) in [6, 6.07) is 0. The van der Waals surface area contributed by atoms with Gasteiger partial charge in [0, 0.05) is 19.3 Å². The van der Waals surface area contributed by atoms with Gasteiger partial charge in [-0.25, -0.2) is 0 Å². The molecule has 0 unspecified atom stereocenters. The zero-order chi connectivity index (χ0) is 38.0. The minimum absolute atomic E-state index is 0.0324. The number of esters is 3. The fraction of sp³-hybridized carbons (Fsp3) is 0.886. The molecule has 51 heavy (non-hydrogen) atoms. The number of unbranched alkanes of at least 4 members (excludes halogenated alkanes) is 16. The molecule has 0 radical (unpaired) electrons. The van der Waals surface area contributed by atoms with Gasteiger partial charge >= 0.3 is 17.9 Å². The SMILES string of the molecule is CCCCCC(CCCCC)OC(=O)CCCN.CCCCCC/C=C\COC(=O)CCCCCCCC(=O)OC(CCCCC)CCCCC. The summed E-state index contributed by atoms with van der Waals surface area (Å²) in [6.07, 6.45) is 35.8. The van der Waals surface area contributed by atoms with Gasteiger partial charge in [-0.15, -0.1) is 0 Å². The highest BCUT2D eigenvalue weighted by molar-refractivity contribution is 5.70. The van der Waals surface area contributed by atoms with E-state index in [0.29, 0.717) is 32.4 Å². The molecule has 0 aromatic rings. The van der Waals surface area contributed by atoms with Crippen molar-refractivity contribution < 1.29 is 28.6 Å². The maximum atomic E-state index is 12.2. The van der Waals surface area contributed by atoms with Gasteiger partial charge in [-0.2, -0.15) is 0 Å². The van der Waals surface area contributed by atoms with E-state index in [1.807, 2.05) is 6.08 Å². The average Bonchev–Trinajstić information content (AvgIpc) is 3.12. The lowest BCUT2D eigenvalue weighted by Crippen LogP contribution is -2.19. The van der Waals surface area contributed by atoms with Gasteiger partial charge in [-0.05, 0) is 90.0 Å². The van der Waals surface area contributed by atoms with Crippen molar-refractivity contribution in [2.24, 2.45) is 5.73 Å². The zero-order valence-corrected chi connectivity index (χ0v) is 34.5. The lowest BCUT2D eigenvalue weighted by molar-refractivity contribution is -0.151. The van der Waals surface area contributed by atoms with Crippen molar-refractivity contribution in [2.75, 3.05) is 13.2 Å². The lowest BCUT2D eigenvalue weighted by atomic mass is 10.0. The van der Waals surface area contributed by atoms with Crippen LogP contribution in [0.25, 0.3) is 0 Å². The summed E-state index contributed by atoms with van der Waals surface area (Å²) in [7, 11) is 0. The Balaban J connectivity index is 0. The quantitative estimate of drug-likeness (QED) is 0.0297. The first-order valence-corrected chi connectivity index (χ1v) is 21.8. The Morgan fingerprint density at radius 3 is 1.25 bits per heavy atom. The van der Waals surface area contributed by atoms with Crippen LogP contribution in [0.1, 0.15) is 227 Å². The molecule has 0 spiro atoms. The third kappa shape index (κ3) is 40.7. The predicted octanol–water partition coefficient (Wildman–Crippen LogP) is 12.7. The molecular formula is C44H85NO6. The van der Waals surface area contributed by atoms with Gasteiger partial charge in [0.15, 0.2) is 0 Å². The first kappa shape index (κ1) is 51.2. The number of hydrogen-bond acceptors (Lipinski definition) is 7. The molecule has 0 aromatic heterocycles. The lowest BCUT2D eigenvalue weighted by Gasteiger charge is -2.18. The zero-order valence-electron chi connectivity index (χ0n) is 34.5. The van der Waals surface area contributed by atoms with E-state index in [1.54, 1.807) is 0 Å². The number of ether oxygens (including phenoxy) is 3. The van der Waals surface area contributed by atoms with Crippen LogP contribution in [0.2, 0.25) is 0 Å². The van der Waals surface area contributed by atoms with E-state index in [-0.39, 0.29) is 30.1 Å². The molecule has 0 amide bonds. The molecule has 7 heteroatoms. The molecule has 0 aliphatic carbocycles. The molecule has 0 aliphatic rings. The van der Waals surface area contributed by atoms with Gasteiger partial charge in [-0.3, -0.25) is 14.4 Å². The van der Waals surface area contributed by atoms with Gasteiger partial charge in [0.05, 0.1) is 0 Å². The van der Waals surface area contributed by atoms with Crippen molar-refractivity contribution in [3.05, 3.63) is 12.2 Å². The largest absolute Gasteiger partial charge is 0.462 e. The van der Waals surface area contributed by atoms with Gasteiger partial charge in [0.2, 0.25) is 0 Å². The van der Waals surface area contributed by atoms with E-state index in [2.05, 4.69) is 40.7 Å². The van der Waals surface area contributed by atoms with Gasteiger partial charge < -0.3 is 19.9 Å². The van der Waals surface area contributed by atoms with Crippen LogP contribution in [0.3, 0.4) is 0 Å². The highest BCUT2D eigenvalue weighted by Crippen LogP contribution is 2.17. The molecule has 0 aliphatic heterocycles. The fourth-order valence-electron chi connectivity index (χ4n) is 5.91. The monoisotopic (exact) mass is 724 g/mol. The molecule has 0 saturated carbocycles. The van der Waals surface area contributed by atoms with Gasteiger partial charge in [-0.1, -0.05) is 137 Å². The molecule has 0 bridgehead atoms. The van der Waals surface area contributed by atoms with Crippen LogP contribution >= 0.6 is 0 Å². The minimum Gasteiger partial charge on any atom is -0.462 e. The van der Waals surface area contributed by atoms with Crippen molar-refractivity contribution >= 4 is 17.9 Å². The second-order valence-corrected chi connectivity index (χ2v) is 14.4. The highest BCUT2D eigenvalue weighted by atomic mass is 16.5. The summed E-state index contributed by atoms with van der Waals surface area (Å²) in [4.78, 5) is 35.6. The van der Waals surface area contributed by atoms with Crippen LogP contribution in [-0.2, 0) is 28.6 Å². The number of allylic oxidation sites excluding steroid dienone is 1. The highest BCUT2D eigenvalue weighted by Gasteiger charge is 2.15. The number of carbonyl (C=O) groups excluding carboxylic acids is 3. The molecule has 0 saturated heterocycles. The second kappa shape index (κ2) is 42.5. The summed E-state index contributed by atoms with van der Waals surface area (Å²) in [6.45, 7) is 12.0. The molecule has 7 nitrogen and oxygen atoms in total. The van der Waals surface area contributed by atoms with Crippen molar-refractivity contribution in [3.8, 4) is 0 Å². The van der Waals surface area contributed by atoms with E-state index in [9.17, 15) is 14.4 Å². The van der Waals surface area contributed by atoms with E-state index < -0.39 is 0 Å². The van der Waals surface area contributed by atoms with Crippen molar-refractivity contribution in [1.29, 1.82) is 0 Å². The molecule has 0 rings (SSSR count). The summed E-state index contributed by atoms with van der Waals surface area (Å²) >= 11 is 0. The number of nitrogens with two attached hydrogens (primary N) is 1. The number of carbonyl (C=O) groups is 3. The normalized spacial score (nSPS) is 11.2.